The lowest BCUT2D eigenvalue weighted by Crippen LogP contribution is -2.35. The minimum Gasteiger partial charge on any atom is -0.497 e. The number of rotatable bonds is 5. The minimum absolute atomic E-state index is 0.0123. The lowest BCUT2D eigenvalue weighted by Gasteiger charge is -2.24. The van der Waals surface area contributed by atoms with Crippen molar-refractivity contribution in [2.24, 2.45) is 0 Å². The van der Waals surface area contributed by atoms with Crippen LogP contribution in [-0.4, -0.2) is 19.2 Å². The Morgan fingerprint density at radius 2 is 2.32 bits per heavy atom. The molecule has 0 amide bonds. The van der Waals surface area contributed by atoms with Gasteiger partial charge in [0.1, 0.15) is 11.6 Å². The van der Waals surface area contributed by atoms with Crippen molar-refractivity contribution in [2.45, 2.75) is 32.2 Å². The van der Waals surface area contributed by atoms with Crippen molar-refractivity contribution in [3.05, 3.63) is 46.4 Å². The van der Waals surface area contributed by atoms with E-state index < -0.39 is 0 Å². The zero-order valence-corrected chi connectivity index (χ0v) is 11.8. The van der Waals surface area contributed by atoms with Gasteiger partial charge >= 0.3 is 0 Å². The molecule has 0 spiro atoms. The second kappa shape index (κ2) is 6.92. The van der Waals surface area contributed by atoms with E-state index in [0.29, 0.717) is 12.0 Å². The molecule has 1 aromatic rings. The molecule has 19 heavy (non-hydrogen) atoms. The second-order valence-electron chi connectivity index (χ2n) is 4.62. The third kappa shape index (κ3) is 3.71. The maximum Gasteiger partial charge on any atom is 0.145 e. The average molecular weight is 284 g/mol. The summed E-state index contributed by atoms with van der Waals surface area (Å²) >= 11 is 5.82. The smallest absolute Gasteiger partial charge is 0.145 e. The number of nitrogens with one attached hydrogen (secondary N) is 1. The van der Waals surface area contributed by atoms with Crippen LogP contribution in [0.5, 0.6) is 0 Å². The summed E-state index contributed by atoms with van der Waals surface area (Å²) in [7, 11) is 0. The van der Waals surface area contributed by atoms with E-state index in [1.54, 1.807) is 18.2 Å². The Balaban J connectivity index is 2.16. The van der Waals surface area contributed by atoms with Crippen molar-refractivity contribution in [3.8, 4) is 0 Å². The van der Waals surface area contributed by atoms with Crippen LogP contribution in [0.2, 0.25) is 5.02 Å². The Bertz CT molecular complexity index is 461. The summed E-state index contributed by atoms with van der Waals surface area (Å²) in [6, 6.07) is 5.13. The Hall–Kier alpha value is -1.06. The van der Waals surface area contributed by atoms with Crippen molar-refractivity contribution in [1.82, 2.24) is 5.32 Å². The van der Waals surface area contributed by atoms with E-state index >= 15 is 0 Å². The lowest BCUT2D eigenvalue weighted by molar-refractivity contribution is 0.167. The summed E-state index contributed by atoms with van der Waals surface area (Å²) in [6.45, 7) is 3.59. The standard InChI is InChI=1S/C15H19ClFNO/c1-2-18-13(14-8-3-4-9-19-14)10-11-6-5-7-12(16)15(11)17/h5-8,13,18H,2-4,9-10H2,1H3. The summed E-state index contributed by atoms with van der Waals surface area (Å²) in [6.07, 6.45) is 4.72. The first kappa shape index (κ1) is 14.4. The van der Waals surface area contributed by atoms with Gasteiger partial charge in [-0.25, -0.2) is 4.39 Å². The monoisotopic (exact) mass is 283 g/mol. The summed E-state index contributed by atoms with van der Waals surface area (Å²) in [5.74, 6) is 0.593. The zero-order valence-electron chi connectivity index (χ0n) is 11.1. The van der Waals surface area contributed by atoms with Crippen LogP contribution >= 0.6 is 11.6 Å². The molecular formula is C15H19ClFNO. The van der Waals surface area contributed by atoms with Gasteiger partial charge in [-0.2, -0.15) is 0 Å². The highest BCUT2D eigenvalue weighted by Gasteiger charge is 2.19. The van der Waals surface area contributed by atoms with Crippen LogP contribution in [-0.2, 0) is 11.2 Å². The van der Waals surface area contributed by atoms with E-state index in [1.807, 2.05) is 6.92 Å². The van der Waals surface area contributed by atoms with E-state index in [2.05, 4.69) is 11.4 Å². The third-order valence-electron chi connectivity index (χ3n) is 3.21. The van der Waals surface area contributed by atoms with Crippen LogP contribution in [0, 0.1) is 5.82 Å². The molecule has 1 aliphatic heterocycles. The van der Waals surface area contributed by atoms with Crippen molar-refractivity contribution in [2.75, 3.05) is 13.2 Å². The molecule has 1 aromatic carbocycles. The van der Waals surface area contributed by atoms with E-state index in [4.69, 9.17) is 16.3 Å². The maximum atomic E-state index is 13.9. The van der Waals surface area contributed by atoms with Crippen LogP contribution in [0.4, 0.5) is 4.39 Å². The van der Waals surface area contributed by atoms with E-state index in [-0.39, 0.29) is 16.9 Å². The molecular weight excluding hydrogens is 265 g/mol. The average Bonchev–Trinajstić information content (AvgIpc) is 2.44. The van der Waals surface area contributed by atoms with Gasteiger partial charge in [0, 0.05) is 0 Å². The summed E-state index contributed by atoms with van der Waals surface area (Å²) in [4.78, 5) is 0. The number of hydrogen-bond donors (Lipinski definition) is 1. The largest absolute Gasteiger partial charge is 0.497 e. The Kier molecular flexibility index (Phi) is 5.23. The zero-order chi connectivity index (χ0) is 13.7. The molecule has 1 atom stereocenters. The molecule has 1 heterocycles. The molecule has 0 aromatic heterocycles. The van der Waals surface area contributed by atoms with Crippen molar-refractivity contribution in [1.29, 1.82) is 0 Å². The van der Waals surface area contributed by atoms with E-state index in [0.717, 1.165) is 31.8 Å². The fourth-order valence-electron chi connectivity index (χ4n) is 2.27. The molecule has 2 rings (SSSR count). The van der Waals surface area contributed by atoms with E-state index in [9.17, 15) is 4.39 Å². The predicted molar refractivity (Wildman–Crippen MR) is 75.8 cm³/mol. The van der Waals surface area contributed by atoms with Crippen molar-refractivity contribution < 1.29 is 9.13 Å². The molecule has 1 aliphatic rings. The summed E-state index contributed by atoms with van der Waals surface area (Å²) in [5.41, 5.74) is 0.619. The molecule has 1 N–H and O–H groups in total. The first-order valence-corrected chi connectivity index (χ1v) is 7.09. The van der Waals surface area contributed by atoms with Crippen LogP contribution in [0.3, 0.4) is 0 Å². The molecule has 0 saturated heterocycles. The van der Waals surface area contributed by atoms with Crippen LogP contribution in [0.15, 0.2) is 30.0 Å². The van der Waals surface area contributed by atoms with Gasteiger partial charge in [-0.15, -0.1) is 0 Å². The number of halogens is 2. The molecule has 0 aliphatic carbocycles. The van der Waals surface area contributed by atoms with Gasteiger partial charge in [-0.1, -0.05) is 30.7 Å². The van der Waals surface area contributed by atoms with Crippen LogP contribution < -0.4 is 5.32 Å². The topological polar surface area (TPSA) is 21.3 Å². The fraction of sp³-hybridized carbons (Fsp3) is 0.467. The van der Waals surface area contributed by atoms with Gasteiger partial charge in [0.25, 0.3) is 0 Å². The predicted octanol–water partition coefficient (Wildman–Crippen LogP) is 3.69. The molecule has 2 nitrogen and oxygen atoms in total. The van der Waals surface area contributed by atoms with Crippen LogP contribution in [0.1, 0.15) is 25.3 Å². The highest BCUT2D eigenvalue weighted by molar-refractivity contribution is 6.30. The van der Waals surface area contributed by atoms with E-state index in [1.165, 1.54) is 0 Å². The first-order valence-electron chi connectivity index (χ1n) is 6.71. The highest BCUT2D eigenvalue weighted by atomic mass is 35.5. The van der Waals surface area contributed by atoms with Gasteiger partial charge in [0.15, 0.2) is 0 Å². The fourth-order valence-corrected chi connectivity index (χ4v) is 2.46. The quantitative estimate of drug-likeness (QED) is 0.890. The number of benzene rings is 1. The van der Waals surface area contributed by atoms with Crippen molar-refractivity contribution >= 4 is 11.6 Å². The molecule has 0 bridgehead atoms. The van der Waals surface area contributed by atoms with Gasteiger partial charge in [0.05, 0.1) is 17.7 Å². The normalized spacial score (nSPS) is 16.7. The Morgan fingerprint density at radius 1 is 1.47 bits per heavy atom. The van der Waals surface area contributed by atoms with Gasteiger partial charge in [0.2, 0.25) is 0 Å². The number of allylic oxidation sites excluding steroid dienone is 1. The summed E-state index contributed by atoms with van der Waals surface area (Å²) in [5, 5.41) is 3.52. The Morgan fingerprint density at radius 3 is 3.00 bits per heavy atom. The molecule has 0 fully saturated rings. The molecule has 0 saturated carbocycles. The number of likely N-dealkylation sites (N-methyl/N-ethyl adjacent to an activating group) is 1. The maximum absolute atomic E-state index is 13.9. The van der Waals surface area contributed by atoms with Crippen molar-refractivity contribution in [3.63, 3.8) is 0 Å². The Labute approximate surface area is 118 Å². The molecule has 0 radical (unpaired) electrons. The molecule has 1 unspecified atom stereocenters. The molecule has 4 heteroatoms. The number of hydrogen-bond acceptors (Lipinski definition) is 2. The second-order valence-corrected chi connectivity index (χ2v) is 5.03. The minimum atomic E-state index is -0.330. The lowest BCUT2D eigenvalue weighted by atomic mass is 10.0. The SMILES string of the molecule is CCNC(Cc1cccc(Cl)c1F)C1=CCCCO1. The third-order valence-corrected chi connectivity index (χ3v) is 3.50. The first-order chi connectivity index (χ1) is 9.22. The van der Waals surface area contributed by atoms with Gasteiger partial charge in [-0.3, -0.25) is 0 Å². The van der Waals surface area contributed by atoms with Crippen LogP contribution in [0.25, 0.3) is 0 Å². The summed E-state index contributed by atoms with van der Waals surface area (Å²) < 4.78 is 19.6. The van der Waals surface area contributed by atoms with Gasteiger partial charge in [-0.05, 0) is 43.5 Å². The molecule has 104 valence electrons. The van der Waals surface area contributed by atoms with Gasteiger partial charge < -0.3 is 10.1 Å². The number of ether oxygens (including phenoxy) is 1. The highest BCUT2D eigenvalue weighted by Crippen LogP contribution is 2.22.